The van der Waals surface area contributed by atoms with Gasteiger partial charge in [0.05, 0.1) is 18.3 Å². The average Bonchev–Trinajstić information content (AvgIpc) is 3.48. The molecule has 0 radical (unpaired) electrons. The molecule has 2 amide bonds. The van der Waals surface area contributed by atoms with Gasteiger partial charge < -0.3 is 10.2 Å². The minimum atomic E-state index is -0.0788. The predicted molar refractivity (Wildman–Crippen MR) is 112 cm³/mol. The molecule has 2 aliphatic carbocycles. The van der Waals surface area contributed by atoms with E-state index in [0.29, 0.717) is 18.4 Å². The summed E-state index contributed by atoms with van der Waals surface area (Å²) in [5.41, 5.74) is 0.887. The first-order chi connectivity index (χ1) is 14.2. The highest BCUT2D eigenvalue weighted by molar-refractivity contribution is 5.82. The SMILES string of the molecule is O=C(NCc1ccccn1)C(C1CCCC1)N1CCN(C(=O)C2CCCC2)CC1. The Balaban J connectivity index is 1.35. The normalized spacial score (nSPS) is 22.7. The number of nitrogens with zero attached hydrogens (tertiary/aromatic N) is 3. The van der Waals surface area contributed by atoms with Crippen molar-refractivity contribution in [2.45, 2.75) is 64.0 Å². The Labute approximate surface area is 174 Å². The van der Waals surface area contributed by atoms with Crippen molar-refractivity contribution in [3.05, 3.63) is 30.1 Å². The first kappa shape index (κ1) is 20.3. The van der Waals surface area contributed by atoms with Crippen molar-refractivity contribution in [1.82, 2.24) is 20.1 Å². The highest BCUT2D eigenvalue weighted by Gasteiger charge is 2.38. The molecule has 2 saturated carbocycles. The predicted octanol–water partition coefficient (Wildman–Crippen LogP) is 2.59. The quantitative estimate of drug-likeness (QED) is 0.800. The third-order valence-electron chi connectivity index (χ3n) is 7.01. The Morgan fingerprint density at radius 1 is 1.00 bits per heavy atom. The van der Waals surface area contributed by atoms with E-state index in [4.69, 9.17) is 0 Å². The maximum atomic E-state index is 13.2. The van der Waals surface area contributed by atoms with E-state index in [1.165, 1.54) is 25.7 Å². The molecule has 1 aromatic heterocycles. The summed E-state index contributed by atoms with van der Waals surface area (Å²) in [6.45, 7) is 3.59. The molecule has 3 aliphatic rings. The summed E-state index contributed by atoms with van der Waals surface area (Å²) in [5, 5.41) is 3.13. The lowest BCUT2D eigenvalue weighted by Gasteiger charge is -2.41. The molecule has 3 fully saturated rings. The van der Waals surface area contributed by atoms with Crippen molar-refractivity contribution in [2.75, 3.05) is 26.2 Å². The fourth-order valence-electron chi connectivity index (χ4n) is 5.39. The lowest BCUT2D eigenvalue weighted by atomic mass is 9.94. The summed E-state index contributed by atoms with van der Waals surface area (Å²) in [4.78, 5) is 34.6. The van der Waals surface area contributed by atoms with E-state index in [1.807, 2.05) is 23.1 Å². The van der Waals surface area contributed by atoms with E-state index in [9.17, 15) is 9.59 Å². The summed E-state index contributed by atoms with van der Waals surface area (Å²) in [6, 6.07) is 5.70. The van der Waals surface area contributed by atoms with Gasteiger partial charge in [0, 0.05) is 38.3 Å². The van der Waals surface area contributed by atoms with Crippen LogP contribution in [-0.4, -0.2) is 58.8 Å². The first-order valence-corrected chi connectivity index (χ1v) is 11.4. The Bertz CT molecular complexity index is 675. The van der Waals surface area contributed by atoms with Crippen LogP contribution in [0.3, 0.4) is 0 Å². The average molecular weight is 399 g/mol. The third-order valence-corrected chi connectivity index (χ3v) is 7.01. The van der Waals surface area contributed by atoms with Gasteiger partial charge >= 0.3 is 0 Å². The van der Waals surface area contributed by atoms with Crippen LogP contribution in [0.2, 0.25) is 0 Å². The van der Waals surface area contributed by atoms with Crippen LogP contribution in [0, 0.1) is 11.8 Å². The maximum absolute atomic E-state index is 13.2. The van der Waals surface area contributed by atoms with Gasteiger partial charge in [-0.25, -0.2) is 0 Å². The lowest BCUT2D eigenvalue weighted by molar-refractivity contribution is -0.138. The third kappa shape index (κ3) is 4.97. The Hall–Kier alpha value is -1.95. The number of hydrogen-bond acceptors (Lipinski definition) is 4. The lowest BCUT2D eigenvalue weighted by Crippen LogP contribution is -2.58. The van der Waals surface area contributed by atoms with Gasteiger partial charge in [0.1, 0.15) is 0 Å². The summed E-state index contributed by atoms with van der Waals surface area (Å²) in [7, 11) is 0. The second-order valence-corrected chi connectivity index (χ2v) is 8.87. The molecular formula is C23H34N4O2. The topological polar surface area (TPSA) is 65.5 Å². The molecular weight excluding hydrogens is 364 g/mol. The molecule has 0 bridgehead atoms. The fourth-order valence-corrected chi connectivity index (χ4v) is 5.39. The van der Waals surface area contributed by atoms with Gasteiger partial charge in [-0.1, -0.05) is 31.7 Å². The molecule has 0 aromatic carbocycles. The van der Waals surface area contributed by atoms with Crippen LogP contribution in [0.15, 0.2) is 24.4 Å². The number of carbonyl (C=O) groups excluding carboxylic acids is 2. The van der Waals surface area contributed by atoms with Gasteiger partial charge in [-0.3, -0.25) is 19.5 Å². The Morgan fingerprint density at radius 3 is 2.34 bits per heavy atom. The van der Waals surface area contributed by atoms with Gasteiger partial charge in [0.2, 0.25) is 11.8 Å². The first-order valence-electron chi connectivity index (χ1n) is 11.4. The summed E-state index contributed by atoms with van der Waals surface area (Å²) < 4.78 is 0. The van der Waals surface area contributed by atoms with Crippen molar-refractivity contribution in [3.8, 4) is 0 Å². The number of carbonyl (C=O) groups is 2. The maximum Gasteiger partial charge on any atom is 0.237 e. The zero-order valence-corrected chi connectivity index (χ0v) is 17.4. The Kier molecular flexibility index (Phi) is 6.80. The van der Waals surface area contributed by atoms with Crippen LogP contribution in [0.5, 0.6) is 0 Å². The summed E-state index contributed by atoms with van der Waals surface area (Å²) in [6.07, 6.45) is 10.9. The van der Waals surface area contributed by atoms with E-state index < -0.39 is 0 Å². The monoisotopic (exact) mass is 398 g/mol. The van der Waals surface area contributed by atoms with Gasteiger partial charge in [0.15, 0.2) is 0 Å². The van der Waals surface area contributed by atoms with E-state index >= 15 is 0 Å². The van der Waals surface area contributed by atoms with Crippen LogP contribution in [0.1, 0.15) is 57.1 Å². The fraction of sp³-hybridized carbons (Fsp3) is 0.696. The zero-order valence-electron chi connectivity index (χ0n) is 17.4. The van der Waals surface area contributed by atoms with E-state index in [1.54, 1.807) is 6.20 Å². The van der Waals surface area contributed by atoms with E-state index in [2.05, 4.69) is 15.2 Å². The van der Waals surface area contributed by atoms with Crippen LogP contribution in [0.25, 0.3) is 0 Å². The molecule has 1 aliphatic heterocycles. The molecule has 1 unspecified atom stereocenters. The Morgan fingerprint density at radius 2 is 1.69 bits per heavy atom. The number of hydrogen-bond donors (Lipinski definition) is 1. The second-order valence-electron chi connectivity index (χ2n) is 8.87. The van der Waals surface area contributed by atoms with Crippen molar-refractivity contribution >= 4 is 11.8 Å². The minimum Gasteiger partial charge on any atom is -0.349 e. The molecule has 158 valence electrons. The zero-order chi connectivity index (χ0) is 20.1. The van der Waals surface area contributed by atoms with Crippen LogP contribution in [-0.2, 0) is 16.1 Å². The number of pyridine rings is 1. The molecule has 4 rings (SSSR count). The summed E-state index contributed by atoms with van der Waals surface area (Å²) >= 11 is 0. The standard InChI is InChI=1S/C23H34N4O2/c28-22(25-17-20-11-5-6-12-24-20)21(18-7-1-2-8-18)26-13-15-27(16-14-26)23(29)19-9-3-4-10-19/h5-6,11-12,18-19,21H,1-4,7-10,13-17H2,(H,25,28). The van der Waals surface area contributed by atoms with Gasteiger partial charge in [0.25, 0.3) is 0 Å². The molecule has 1 aromatic rings. The van der Waals surface area contributed by atoms with E-state index in [0.717, 1.165) is 57.6 Å². The molecule has 29 heavy (non-hydrogen) atoms. The van der Waals surface area contributed by atoms with Crippen LogP contribution < -0.4 is 5.32 Å². The van der Waals surface area contributed by atoms with Crippen molar-refractivity contribution < 1.29 is 9.59 Å². The van der Waals surface area contributed by atoms with Crippen LogP contribution >= 0.6 is 0 Å². The second kappa shape index (κ2) is 9.70. The van der Waals surface area contributed by atoms with Crippen LogP contribution in [0.4, 0.5) is 0 Å². The molecule has 0 spiro atoms. The highest BCUT2D eigenvalue weighted by Crippen LogP contribution is 2.32. The molecule has 1 saturated heterocycles. The van der Waals surface area contributed by atoms with Gasteiger partial charge in [-0.15, -0.1) is 0 Å². The van der Waals surface area contributed by atoms with Gasteiger partial charge in [-0.2, -0.15) is 0 Å². The van der Waals surface area contributed by atoms with E-state index in [-0.39, 0.29) is 17.9 Å². The molecule has 6 heteroatoms. The molecule has 2 heterocycles. The number of aromatic nitrogens is 1. The van der Waals surface area contributed by atoms with Crippen molar-refractivity contribution in [3.63, 3.8) is 0 Å². The minimum absolute atomic E-state index is 0.0788. The number of nitrogens with one attached hydrogen (secondary N) is 1. The number of piperazine rings is 1. The number of rotatable bonds is 6. The largest absolute Gasteiger partial charge is 0.349 e. The van der Waals surface area contributed by atoms with Crippen molar-refractivity contribution in [2.24, 2.45) is 11.8 Å². The van der Waals surface area contributed by atoms with Crippen molar-refractivity contribution in [1.29, 1.82) is 0 Å². The number of amides is 2. The highest BCUT2D eigenvalue weighted by atomic mass is 16.2. The molecule has 1 N–H and O–H groups in total. The smallest absolute Gasteiger partial charge is 0.237 e. The molecule has 6 nitrogen and oxygen atoms in total. The summed E-state index contributed by atoms with van der Waals surface area (Å²) in [5.74, 6) is 1.14. The van der Waals surface area contributed by atoms with Gasteiger partial charge in [-0.05, 0) is 43.7 Å². The molecule has 1 atom stereocenters.